The van der Waals surface area contributed by atoms with Crippen LogP contribution in [0.4, 0.5) is 4.79 Å². The number of carboxylic acids is 1. The summed E-state index contributed by atoms with van der Waals surface area (Å²) in [6, 6.07) is 13.0. The molecular formula is C43H57N5O9. The lowest BCUT2D eigenvalue weighted by Gasteiger charge is -2.51. The molecular weight excluding hydrogens is 730 g/mol. The first-order valence-corrected chi connectivity index (χ1v) is 20.2. The maximum Gasteiger partial charge on any atom is 0.410 e. The maximum atomic E-state index is 14.8. The first kappa shape index (κ1) is 41.6. The first-order valence-electron chi connectivity index (χ1n) is 20.2. The number of carbonyl (C=O) groups is 6. The molecule has 4 atom stereocenters. The third kappa shape index (κ3) is 7.97. The molecule has 1 aliphatic heterocycles. The molecule has 308 valence electrons. The van der Waals surface area contributed by atoms with E-state index in [1.165, 1.54) is 45.6 Å². The van der Waals surface area contributed by atoms with E-state index >= 15 is 0 Å². The van der Waals surface area contributed by atoms with Crippen molar-refractivity contribution in [2.45, 2.75) is 100 Å². The van der Waals surface area contributed by atoms with Crippen molar-refractivity contribution in [2.24, 2.45) is 5.92 Å². The van der Waals surface area contributed by atoms with Crippen LogP contribution in [-0.2, 0) is 33.4 Å². The quantitative estimate of drug-likeness (QED) is 0.297. The summed E-state index contributed by atoms with van der Waals surface area (Å²) >= 11 is 0. The van der Waals surface area contributed by atoms with Crippen LogP contribution in [0.15, 0.2) is 48.5 Å². The Kier molecular flexibility index (Phi) is 12.6. The Hall–Kier alpha value is -4.98. The molecule has 14 nitrogen and oxygen atoms in total. The van der Waals surface area contributed by atoms with Gasteiger partial charge >= 0.3 is 12.1 Å². The molecule has 0 aromatic heterocycles. The Balaban J connectivity index is 1.22. The van der Waals surface area contributed by atoms with Gasteiger partial charge in [0, 0.05) is 54.2 Å². The molecule has 1 heterocycles. The van der Waals surface area contributed by atoms with Gasteiger partial charge in [-0.3, -0.25) is 28.9 Å². The van der Waals surface area contributed by atoms with E-state index in [2.05, 4.69) is 12.1 Å². The Labute approximate surface area is 335 Å². The highest BCUT2D eigenvalue weighted by molar-refractivity contribution is 5.98. The van der Waals surface area contributed by atoms with Gasteiger partial charge in [0.15, 0.2) is 0 Å². The molecule has 2 aromatic rings. The van der Waals surface area contributed by atoms with Crippen molar-refractivity contribution in [3.63, 3.8) is 0 Å². The highest BCUT2D eigenvalue weighted by Gasteiger charge is 2.56. The number of likely N-dealkylation sites (tertiary alicyclic amines) is 1. The minimum absolute atomic E-state index is 0.0884. The molecule has 0 radical (unpaired) electrons. The van der Waals surface area contributed by atoms with Gasteiger partial charge in [0.25, 0.3) is 0 Å². The topological polar surface area (TPSA) is 157 Å². The second-order valence-electron chi connectivity index (χ2n) is 16.3. The Morgan fingerprint density at radius 2 is 1.44 bits per heavy atom. The van der Waals surface area contributed by atoms with Crippen LogP contribution in [0, 0.1) is 5.92 Å². The number of ether oxygens (including phenoxy) is 2. The molecule has 2 saturated carbocycles. The van der Waals surface area contributed by atoms with Crippen molar-refractivity contribution in [1.82, 2.24) is 24.5 Å². The molecule has 2 unspecified atom stereocenters. The normalized spacial score (nSPS) is 20.8. The standard InChI is InChI=1S/C43H57N5O9/c1-7-56-28-23-35(48(25-28)42(55)57-26-33-31-19-12-10-17-29(31)30-18-11-13-20-32(30)33)39(52)47(6)43(21-14-22-43)41(54)46(5)37(27-15-8-9-16-27)40(53)45(4)34(24-36(49)50)38(51)44(2)3/h10-13,17-20,27-28,33-35,37H,7-9,14-16,21-26H2,1-6H3,(H,49,50)/t28-,34?,35+,37?/m1/s1. The molecule has 3 aliphatic carbocycles. The second-order valence-corrected chi connectivity index (χ2v) is 16.3. The summed E-state index contributed by atoms with van der Waals surface area (Å²) in [5.74, 6) is -3.45. The van der Waals surface area contributed by atoms with E-state index < -0.39 is 71.9 Å². The van der Waals surface area contributed by atoms with Crippen molar-refractivity contribution in [3.8, 4) is 11.1 Å². The van der Waals surface area contributed by atoms with E-state index in [0.29, 0.717) is 38.7 Å². The SMILES string of the molecule is CCO[C@@H]1C[C@@H](C(=O)N(C)C2(C(=O)N(C)C(C(=O)N(C)C(CC(=O)O)C(=O)N(C)C)C3CCCC3)CCC2)N(C(=O)OCC2c3ccccc3-c3ccccc32)C1. The van der Waals surface area contributed by atoms with E-state index in [4.69, 9.17) is 9.47 Å². The van der Waals surface area contributed by atoms with Crippen molar-refractivity contribution >= 4 is 35.7 Å². The van der Waals surface area contributed by atoms with Gasteiger partial charge in [-0.2, -0.15) is 0 Å². The predicted molar refractivity (Wildman–Crippen MR) is 211 cm³/mol. The number of aliphatic carboxylic acids is 1. The van der Waals surface area contributed by atoms with Crippen LogP contribution in [-0.4, -0.2) is 150 Å². The third-order valence-electron chi connectivity index (χ3n) is 12.8. The largest absolute Gasteiger partial charge is 0.481 e. The van der Waals surface area contributed by atoms with Crippen LogP contribution in [0.1, 0.15) is 81.8 Å². The Morgan fingerprint density at radius 3 is 1.96 bits per heavy atom. The van der Waals surface area contributed by atoms with Crippen molar-refractivity contribution < 1.29 is 43.3 Å². The predicted octanol–water partition coefficient (Wildman–Crippen LogP) is 4.20. The number of amides is 5. The fraction of sp³-hybridized carbons (Fsp3) is 0.581. The van der Waals surface area contributed by atoms with Gasteiger partial charge < -0.3 is 34.2 Å². The number of likely N-dealkylation sites (N-methyl/N-ethyl adjacent to an activating group) is 4. The van der Waals surface area contributed by atoms with E-state index in [-0.39, 0.29) is 31.4 Å². The van der Waals surface area contributed by atoms with Gasteiger partial charge in [-0.1, -0.05) is 61.4 Å². The molecule has 2 aromatic carbocycles. The van der Waals surface area contributed by atoms with E-state index in [9.17, 15) is 33.9 Å². The number of hydrogen-bond donors (Lipinski definition) is 1. The van der Waals surface area contributed by atoms with Crippen molar-refractivity contribution in [1.29, 1.82) is 0 Å². The molecule has 5 amide bonds. The summed E-state index contributed by atoms with van der Waals surface area (Å²) in [6.07, 6.45) is 3.14. The minimum atomic E-state index is -1.27. The molecule has 1 N–H and O–H groups in total. The van der Waals surface area contributed by atoms with Gasteiger partial charge in [0.05, 0.1) is 19.1 Å². The fourth-order valence-electron chi connectivity index (χ4n) is 9.53. The average Bonchev–Trinajstić information content (AvgIpc) is 3.93. The molecule has 3 fully saturated rings. The van der Waals surface area contributed by atoms with Crippen LogP contribution < -0.4 is 0 Å². The molecule has 57 heavy (non-hydrogen) atoms. The molecule has 1 saturated heterocycles. The van der Waals surface area contributed by atoms with Crippen LogP contribution in [0.5, 0.6) is 0 Å². The zero-order valence-electron chi connectivity index (χ0n) is 34.0. The summed E-state index contributed by atoms with van der Waals surface area (Å²) in [5.41, 5.74) is 3.09. The fourth-order valence-corrected chi connectivity index (χ4v) is 9.53. The van der Waals surface area contributed by atoms with Gasteiger partial charge in [-0.15, -0.1) is 0 Å². The number of carboxylic acid groups (broad SMARTS) is 1. The van der Waals surface area contributed by atoms with Gasteiger partial charge in [0.1, 0.15) is 30.3 Å². The third-order valence-corrected chi connectivity index (χ3v) is 12.8. The monoisotopic (exact) mass is 787 g/mol. The van der Waals surface area contributed by atoms with Crippen LogP contribution in [0.3, 0.4) is 0 Å². The molecule has 0 spiro atoms. The van der Waals surface area contributed by atoms with Crippen LogP contribution >= 0.6 is 0 Å². The number of fused-ring (bicyclic) bond motifs is 3. The molecule has 4 aliphatic rings. The molecule has 0 bridgehead atoms. The zero-order chi connectivity index (χ0) is 41.2. The summed E-state index contributed by atoms with van der Waals surface area (Å²) < 4.78 is 12.0. The molecule has 14 heteroatoms. The average molecular weight is 788 g/mol. The maximum absolute atomic E-state index is 14.8. The Bertz CT molecular complexity index is 1810. The number of benzene rings is 2. The summed E-state index contributed by atoms with van der Waals surface area (Å²) in [4.78, 5) is 89.5. The highest BCUT2D eigenvalue weighted by Crippen LogP contribution is 2.45. The van der Waals surface area contributed by atoms with E-state index in [1.807, 2.05) is 43.3 Å². The lowest BCUT2D eigenvalue weighted by atomic mass is 9.73. The zero-order valence-corrected chi connectivity index (χ0v) is 34.0. The lowest BCUT2D eigenvalue weighted by Crippen LogP contribution is -2.68. The Morgan fingerprint density at radius 1 is 0.842 bits per heavy atom. The summed E-state index contributed by atoms with van der Waals surface area (Å²) in [5, 5.41) is 9.64. The second kappa shape index (κ2) is 17.3. The van der Waals surface area contributed by atoms with Gasteiger partial charge in [-0.05, 0) is 67.2 Å². The van der Waals surface area contributed by atoms with E-state index in [1.54, 1.807) is 14.1 Å². The number of rotatable bonds is 14. The minimum Gasteiger partial charge on any atom is -0.481 e. The first-order chi connectivity index (χ1) is 27.2. The highest BCUT2D eigenvalue weighted by atomic mass is 16.6. The number of hydrogen-bond acceptors (Lipinski definition) is 8. The van der Waals surface area contributed by atoms with E-state index in [0.717, 1.165) is 35.1 Å². The van der Waals surface area contributed by atoms with Crippen LogP contribution in [0.25, 0.3) is 11.1 Å². The van der Waals surface area contributed by atoms with Crippen molar-refractivity contribution in [2.75, 3.05) is 55.0 Å². The summed E-state index contributed by atoms with van der Waals surface area (Å²) in [6.45, 7) is 2.50. The van der Waals surface area contributed by atoms with Gasteiger partial charge in [0.2, 0.25) is 23.6 Å². The smallest absolute Gasteiger partial charge is 0.410 e. The molecule has 6 rings (SSSR count). The summed E-state index contributed by atoms with van der Waals surface area (Å²) in [7, 11) is 7.58. The van der Waals surface area contributed by atoms with Crippen LogP contribution in [0.2, 0.25) is 0 Å². The number of nitrogens with zero attached hydrogens (tertiary/aromatic N) is 5. The van der Waals surface area contributed by atoms with Crippen molar-refractivity contribution in [3.05, 3.63) is 59.7 Å². The lowest BCUT2D eigenvalue weighted by molar-refractivity contribution is -0.165. The van der Waals surface area contributed by atoms with Gasteiger partial charge in [-0.25, -0.2) is 4.79 Å². The number of carbonyl (C=O) groups excluding carboxylic acids is 5.